The largest absolute Gasteiger partial charge is 0.349 e. The molecule has 1 aromatic carbocycles. The maximum Gasteiger partial charge on any atom is 0.243 e. The molecule has 26 heavy (non-hydrogen) atoms. The van der Waals surface area contributed by atoms with Gasteiger partial charge in [0.15, 0.2) is 11.6 Å². The smallest absolute Gasteiger partial charge is 0.243 e. The third-order valence-corrected chi connectivity index (χ3v) is 4.11. The molecule has 0 radical (unpaired) electrons. The first-order valence-electron chi connectivity index (χ1n) is 8.37. The minimum Gasteiger partial charge on any atom is -0.349 e. The minimum atomic E-state index is -0.0986. The van der Waals surface area contributed by atoms with Crippen molar-refractivity contribution < 1.29 is 4.79 Å². The molecule has 3 aromatic rings. The first kappa shape index (κ1) is 17.6. The second-order valence-electron chi connectivity index (χ2n) is 6.32. The van der Waals surface area contributed by atoms with Crippen molar-refractivity contribution in [1.29, 1.82) is 0 Å². The van der Waals surface area contributed by atoms with Crippen molar-refractivity contribution in [1.82, 2.24) is 20.0 Å². The molecule has 0 fully saturated rings. The summed E-state index contributed by atoms with van der Waals surface area (Å²) < 4.78 is 1.67. The van der Waals surface area contributed by atoms with Crippen molar-refractivity contribution in [3.05, 3.63) is 59.4 Å². The molecule has 0 aliphatic heterocycles. The number of para-hydroxylation sites is 1. The fourth-order valence-electron chi connectivity index (χ4n) is 2.67. The standard InChI is InChI=1S/C19H22N6O/c1-13-6-5-7-14(2)19(13)20-18(26)12-24(4)16-8-9-17(22-21-16)25-11-10-15(3)23-25/h5-11H,12H2,1-4H3,(H,20,26). The number of benzene rings is 1. The highest BCUT2D eigenvalue weighted by molar-refractivity contribution is 5.95. The van der Waals surface area contributed by atoms with Gasteiger partial charge < -0.3 is 10.2 Å². The van der Waals surface area contributed by atoms with Crippen LogP contribution in [0.5, 0.6) is 0 Å². The van der Waals surface area contributed by atoms with Crippen molar-refractivity contribution in [2.24, 2.45) is 0 Å². The minimum absolute atomic E-state index is 0.0986. The third-order valence-electron chi connectivity index (χ3n) is 4.11. The molecule has 0 aliphatic carbocycles. The number of carbonyl (C=O) groups excluding carboxylic acids is 1. The van der Waals surface area contributed by atoms with Gasteiger partial charge in [0.25, 0.3) is 0 Å². The summed E-state index contributed by atoms with van der Waals surface area (Å²) in [5.74, 6) is 1.16. The quantitative estimate of drug-likeness (QED) is 0.766. The molecule has 134 valence electrons. The average molecular weight is 350 g/mol. The van der Waals surface area contributed by atoms with Gasteiger partial charge in [0, 0.05) is 18.9 Å². The summed E-state index contributed by atoms with van der Waals surface area (Å²) in [6, 6.07) is 11.5. The number of amides is 1. The maximum absolute atomic E-state index is 12.4. The van der Waals surface area contributed by atoms with Crippen molar-refractivity contribution >= 4 is 17.4 Å². The summed E-state index contributed by atoms with van der Waals surface area (Å²) in [6.45, 7) is 6.06. The van der Waals surface area contributed by atoms with Gasteiger partial charge >= 0.3 is 0 Å². The maximum atomic E-state index is 12.4. The van der Waals surface area contributed by atoms with Crippen molar-refractivity contribution in [3.63, 3.8) is 0 Å². The number of carbonyl (C=O) groups is 1. The predicted molar refractivity (Wildman–Crippen MR) is 102 cm³/mol. The number of hydrogen-bond donors (Lipinski definition) is 1. The zero-order valence-electron chi connectivity index (χ0n) is 15.4. The van der Waals surface area contributed by atoms with Crippen LogP contribution in [-0.4, -0.2) is 39.5 Å². The van der Waals surface area contributed by atoms with Gasteiger partial charge in [-0.3, -0.25) is 4.79 Å². The number of aromatic nitrogens is 4. The highest BCUT2D eigenvalue weighted by Crippen LogP contribution is 2.19. The monoisotopic (exact) mass is 350 g/mol. The highest BCUT2D eigenvalue weighted by Gasteiger charge is 2.12. The van der Waals surface area contributed by atoms with E-state index in [0.29, 0.717) is 11.6 Å². The molecular weight excluding hydrogens is 328 g/mol. The van der Waals surface area contributed by atoms with Crippen molar-refractivity contribution in [3.8, 4) is 5.82 Å². The third kappa shape index (κ3) is 3.88. The van der Waals surface area contributed by atoms with Gasteiger partial charge in [-0.1, -0.05) is 18.2 Å². The van der Waals surface area contributed by atoms with E-state index in [-0.39, 0.29) is 12.5 Å². The first-order chi connectivity index (χ1) is 12.4. The normalized spacial score (nSPS) is 10.6. The van der Waals surface area contributed by atoms with Crippen molar-refractivity contribution in [2.45, 2.75) is 20.8 Å². The van der Waals surface area contributed by atoms with Crippen LogP contribution in [0.1, 0.15) is 16.8 Å². The number of nitrogens with zero attached hydrogens (tertiary/aromatic N) is 5. The van der Waals surface area contributed by atoms with Crippen LogP contribution in [0, 0.1) is 20.8 Å². The summed E-state index contributed by atoms with van der Waals surface area (Å²) in [5, 5.41) is 15.7. The van der Waals surface area contributed by atoms with Gasteiger partial charge in [-0.25, -0.2) is 4.68 Å². The van der Waals surface area contributed by atoms with Gasteiger partial charge in [-0.05, 0) is 50.1 Å². The molecule has 0 bridgehead atoms. The Labute approximate surface area is 152 Å². The topological polar surface area (TPSA) is 75.9 Å². The van der Waals surface area contributed by atoms with Crippen molar-refractivity contribution in [2.75, 3.05) is 23.8 Å². The Bertz CT molecular complexity index is 896. The molecule has 0 saturated heterocycles. The Morgan fingerprint density at radius 1 is 1.08 bits per heavy atom. The lowest BCUT2D eigenvalue weighted by Crippen LogP contribution is -2.31. The first-order valence-corrected chi connectivity index (χ1v) is 8.37. The Balaban J connectivity index is 1.66. The van der Waals surface area contributed by atoms with E-state index in [4.69, 9.17) is 0 Å². The number of anilines is 2. The number of rotatable bonds is 5. The molecule has 0 aliphatic rings. The van der Waals surface area contributed by atoms with E-state index in [2.05, 4.69) is 20.6 Å². The molecule has 7 heteroatoms. The van der Waals surface area contributed by atoms with Crippen LogP contribution in [0.2, 0.25) is 0 Å². The Morgan fingerprint density at radius 2 is 1.81 bits per heavy atom. The van der Waals surface area contributed by atoms with Gasteiger partial charge in [-0.15, -0.1) is 10.2 Å². The fourth-order valence-corrected chi connectivity index (χ4v) is 2.67. The van der Waals surface area contributed by atoms with Crippen LogP contribution in [0.25, 0.3) is 5.82 Å². The number of nitrogens with one attached hydrogen (secondary N) is 1. The van der Waals surface area contributed by atoms with E-state index >= 15 is 0 Å². The van der Waals surface area contributed by atoms with Gasteiger partial charge in [0.05, 0.1) is 12.2 Å². The average Bonchev–Trinajstić information content (AvgIpc) is 3.05. The Morgan fingerprint density at radius 3 is 2.38 bits per heavy atom. The van der Waals surface area contributed by atoms with Gasteiger partial charge in [0.1, 0.15) is 0 Å². The zero-order valence-corrected chi connectivity index (χ0v) is 15.4. The lowest BCUT2D eigenvalue weighted by atomic mass is 10.1. The van der Waals surface area contributed by atoms with E-state index in [1.165, 1.54) is 0 Å². The Kier molecular flexibility index (Phi) is 4.97. The van der Waals surface area contributed by atoms with E-state index < -0.39 is 0 Å². The summed E-state index contributed by atoms with van der Waals surface area (Å²) >= 11 is 0. The molecule has 1 N–H and O–H groups in total. The molecule has 7 nitrogen and oxygen atoms in total. The van der Waals surface area contributed by atoms with Gasteiger partial charge in [0.2, 0.25) is 5.91 Å². The summed E-state index contributed by atoms with van der Waals surface area (Å²) in [6.07, 6.45) is 1.83. The number of aryl methyl sites for hydroxylation is 3. The van der Waals surface area contributed by atoms with Crippen LogP contribution in [0.3, 0.4) is 0 Å². The van der Waals surface area contributed by atoms with E-state index in [1.54, 1.807) is 9.58 Å². The SMILES string of the molecule is Cc1ccn(-c2ccc(N(C)CC(=O)Nc3c(C)cccc3C)nn2)n1. The van der Waals surface area contributed by atoms with E-state index in [0.717, 1.165) is 22.5 Å². The fraction of sp³-hybridized carbons (Fsp3) is 0.263. The molecule has 3 rings (SSSR count). The lowest BCUT2D eigenvalue weighted by molar-refractivity contribution is -0.114. The summed E-state index contributed by atoms with van der Waals surface area (Å²) in [5.41, 5.74) is 3.86. The Hall–Kier alpha value is -3.22. The summed E-state index contributed by atoms with van der Waals surface area (Å²) in [7, 11) is 1.81. The molecule has 2 aromatic heterocycles. The second-order valence-corrected chi connectivity index (χ2v) is 6.32. The van der Waals surface area contributed by atoms with Crippen LogP contribution in [0.15, 0.2) is 42.6 Å². The van der Waals surface area contributed by atoms with Crippen LogP contribution in [-0.2, 0) is 4.79 Å². The molecular formula is C19H22N6O. The zero-order chi connectivity index (χ0) is 18.7. The van der Waals surface area contributed by atoms with Gasteiger partial charge in [-0.2, -0.15) is 5.10 Å². The highest BCUT2D eigenvalue weighted by atomic mass is 16.2. The summed E-state index contributed by atoms with van der Waals surface area (Å²) in [4.78, 5) is 14.1. The second kappa shape index (κ2) is 7.35. The number of likely N-dealkylation sites (N-methyl/N-ethyl adjacent to an activating group) is 1. The molecule has 0 unspecified atom stereocenters. The van der Waals surface area contributed by atoms with Crippen LogP contribution < -0.4 is 10.2 Å². The lowest BCUT2D eigenvalue weighted by Gasteiger charge is -2.18. The molecule has 0 spiro atoms. The number of hydrogen-bond acceptors (Lipinski definition) is 5. The van der Waals surface area contributed by atoms with Crippen LogP contribution >= 0.6 is 0 Å². The molecule has 1 amide bonds. The molecule has 2 heterocycles. The predicted octanol–water partition coefficient (Wildman–Crippen LogP) is 2.66. The molecule has 0 saturated carbocycles. The van der Waals surface area contributed by atoms with E-state index in [9.17, 15) is 4.79 Å². The van der Waals surface area contributed by atoms with E-state index in [1.807, 2.05) is 70.4 Å². The molecule has 0 atom stereocenters. The van der Waals surface area contributed by atoms with Crippen LogP contribution in [0.4, 0.5) is 11.5 Å².